The maximum atomic E-state index is 12.3. The Hall–Kier alpha value is -2.87. The lowest BCUT2D eigenvalue weighted by Crippen LogP contribution is -2.39. The molecule has 0 unspecified atom stereocenters. The van der Waals surface area contributed by atoms with E-state index in [0.29, 0.717) is 19.8 Å². The smallest absolute Gasteiger partial charge is 0.333 e. The molecule has 1 aromatic heterocycles. The van der Waals surface area contributed by atoms with Crippen LogP contribution in [0.4, 0.5) is 0 Å². The minimum Gasteiger partial charge on any atom is -0.497 e. The van der Waals surface area contributed by atoms with Crippen LogP contribution in [-0.4, -0.2) is 47.3 Å². The van der Waals surface area contributed by atoms with Crippen LogP contribution in [0.3, 0.4) is 0 Å². The van der Waals surface area contributed by atoms with Gasteiger partial charge in [-0.3, -0.25) is 18.9 Å². The van der Waals surface area contributed by atoms with E-state index < -0.39 is 11.2 Å². The fourth-order valence-corrected chi connectivity index (χ4v) is 3.53. The van der Waals surface area contributed by atoms with Gasteiger partial charge in [-0.25, -0.2) is 4.79 Å². The van der Waals surface area contributed by atoms with Gasteiger partial charge in [0.25, 0.3) is 5.56 Å². The summed E-state index contributed by atoms with van der Waals surface area (Å²) in [5.74, 6) is 0.399. The maximum absolute atomic E-state index is 12.3. The minimum atomic E-state index is -0.584. The lowest BCUT2D eigenvalue weighted by atomic mass is 9.74. The number of hydrogen-bond acceptors (Lipinski definition) is 6. The Bertz CT molecular complexity index is 983. The third kappa shape index (κ3) is 3.60. The monoisotopic (exact) mass is 387 g/mol. The van der Waals surface area contributed by atoms with E-state index in [0.717, 1.165) is 33.3 Å². The van der Waals surface area contributed by atoms with E-state index in [1.807, 2.05) is 24.3 Å². The summed E-state index contributed by atoms with van der Waals surface area (Å²) in [6, 6.07) is 7.90. The van der Waals surface area contributed by atoms with Gasteiger partial charge in [0.15, 0.2) is 0 Å². The Morgan fingerprint density at radius 3 is 2.43 bits per heavy atom. The number of aliphatic imine (C=N–C) groups is 1. The van der Waals surface area contributed by atoms with Crippen molar-refractivity contribution in [3.05, 3.63) is 56.2 Å². The van der Waals surface area contributed by atoms with Crippen LogP contribution in [0, 0.1) is 0 Å². The van der Waals surface area contributed by atoms with Crippen molar-refractivity contribution in [2.24, 2.45) is 19.1 Å². The van der Waals surface area contributed by atoms with Crippen molar-refractivity contribution in [3.8, 4) is 11.6 Å². The summed E-state index contributed by atoms with van der Waals surface area (Å²) in [7, 11) is 4.41. The van der Waals surface area contributed by atoms with Gasteiger partial charge in [0.2, 0.25) is 5.88 Å². The lowest BCUT2D eigenvalue weighted by Gasteiger charge is -2.36. The van der Waals surface area contributed by atoms with Gasteiger partial charge in [-0.2, -0.15) is 0 Å². The van der Waals surface area contributed by atoms with Gasteiger partial charge >= 0.3 is 5.69 Å². The van der Waals surface area contributed by atoms with Crippen LogP contribution >= 0.6 is 0 Å². The molecule has 1 aliphatic rings. The molecule has 1 fully saturated rings. The first kappa shape index (κ1) is 19.9. The second kappa shape index (κ2) is 8.02. The Labute approximate surface area is 162 Å². The first-order valence-corrected chi connectivity index (χ1v) is 9.11. The van der Waals surface area contributed by atoms with Crippen molar-refractivity contribution in [2.45, 2.75) is 18.3 Å². The quantitative estimate of drug-likeness (QED) is 0.772. The zero-order valence-electron chi connectivity index (χ0n) is 16.3. The van der Waals surface area contributed by atoms with Crippen molar-refractivity contribution < 1.29 is 14.6 Å². The molecule has 2 aromatic rings. The van der Waals surface area contributed by atoms with Crippen molar-refractivity contribution in [1.29, 1.82) is 0 Å². The molecular formula is C20H25N3O5. The highest BCUT2D eigenvalue weighted by Crippen LogP contribution is 2.36. The second-order valence-corrected chi connectivity index (χ2v) is 7.03. The summed E-state index contributed by atoms with van der Waals surface area (Å²) in [4.78, 5) is 28.7. The molecule has 8 nitrogen and oxygen atoms in total. The number of aromatic hydroxyl groups is 1. The van der Waals surface area contributed by atoms with Crippen LogP contribution in [0.1, 0.15) is 24.0 Å². The highest BCUT2D eigenvalue weighted by Gasteiger charge is 2.34. The lowest BCUT2D eigenvalue weighted by molar-refractivity contribution is 0.0532. The molecule has 0 aliphatic carbocycles. The van der Waals surface area contributed by atoms with Gasteiger partial charge < -0.3 is 14.6 Å². The van der Waals surface area contributed by atoms with Crippen LogP contribution in [-0.2, 0) is 24.2 Å². The topological polar surface area (TPSA) is 95.0 Å². The summed E-state index contributed by atoms with van der Waals surface area (Å²) in [6.07, 6.45) is 2.96. The SMILES string of the molecule is COc1ccc(C2(CN=Cc3c(O)n(C)c(=O)n(C)c3=O)CCOCC2)cc1. The molecule has 1 N–H and O–H groups in total. The molecule has 28 heavy (non-hydrogen) atoms. The number of rotatable bonds is 5. The van der Waals surface area contributed by atoms with E-state index in [9.17, 15) is 14.7 Å². The summed E-state index contributed by atoms with van der Waals surface area (Å²) in [6.45, 7) is 1.71. The molecule has 8 heteroatoms. The van der Waals surface area contributed by atoms with E-state index in [1.165, 1.54) is 20.3 Å². The number of methoxy groups -OCH3 is 1. The second-order valence-electron chi connectivity index (χ2n) is 7.03. The van der Waals surface area contributed by atoms with Crippen LogP contribution in [0.15, 0.2) is 38.8 Å². The first-order valence-electron chi connectivity index (χ1n) is 9.11. The van der Waals surface area contributed by atoms with E-state index in [1.54, 1.807) is 7.11 Å². The highest BCUT2D eigenvalue weighted by atomic mass is 16.5. The molecule has 0 bridgehead atoms. The Morgan fingerprint density at radius 2 is 1.82 bits per heavy atom. The van der Waals surface area contributed by atoms with Crippen molar-refractivity contribution in [3.63, 3.8) is 0 Å². The largest absolute Gasteiger partial charge is 0.497 e. The molecule has 3 rings (SSSR count). The number of ether oxygens (including phenoxy) is 2. The van der Waals surface area contributed by atoms with E-state index in [4.69, 9.17) is 9.47 Å². The van der Waals surface area contributed by atoms with Gasteiger partial charge in [-0.05, 0) is 30.5 Å². The van der Waals surface area contributed by atoms with E-state index in [-0.39, 0.29) is 16.9 Å². The molecule has 0 saturated carbocycles. The summed E-state index contributed by atoms with van der Waals surface area (Å²) >= 11 is 0. The standard InChI is InChI=1S/C20H25N3O5/c1-22-17(24)16(18(25)23(2)19(22)26)12-21-13-20(8-10-28-11-9-20)14-4-6-15(27-3)7-5-14/h4-7,12,24H,8-11,13H2,1-3H3. The summed E-state index contributed by atoms with van der Waals surface area (Å²) < 4.78 is 12.7. The molecule has 1 aliphatic heterocycles. The van der Waals surface area contributed by atoms with Gasteiger partial charge in [0.1, 0.15) is 11.3 Å². The average molecular weight is 387 g/mol. The molecule has 1 saturated heterocycles. The Kier molecular flexibility index (Phi) is 5.69. The predicted molar refractivity (Wildman–Crippen MR) is 106 cm³/mol. The normalized spacial score (nSPS) is 16.4. The third-order valence-corrected chi connectivity index (χ3v) is 5.43. The molecular weight excluding hydrogens is 362 g/mol. The van der Waals surface area contributed by atoms with Crippen LogP contribution in [0.25, 0.3) is 0 Å². The summed E-state index contributed by atoms with van der Waals surface area (Å²) in [5.41, 5.74) is -0.246. The molecule has 0 atom stereocenters. The number of benzene rings is 1. The Morgan fingerprint density at radius 1 is 1.18 bits per heavy atom. The Balaban J connectivity index is 1.93. The molecule has 2 heterocycles. The van der Waals surface area contributed by atoms with Crippen molar-refractivity contribution >= 4 is 6.21 Å². The van der Waals surface area contributed by atoms with Gasteiger partial charge in [0.05, 0.1) is 7.11 Å². The van der Waals surface area contributed by atoms with Gasteiger partial charge in [-0.15, -0.1) is 0 Å². The van der Waals surface area contributed by atoms with E-state index >= 15 is 0 Å². The zero-order chi connectivity index (χ0) is 20.3. The fraction of sp³-hybridized carbons (Fsp3) is 0.450. The average Bonchev–Trinajstić information content (AvgIpc) is 2.74. The maximum Gasteiger partial charge on any atom is 0.333 e. The zero-order valence-corrected chi connectivity index (χ0v) is 16.3. The highest BCUT2D eigenvalue weighted by molar-refractivity contribution is 5.82. The van der Waals surface area contributed by atoms with Gasteiger partial charge in [-0.1, -0.05) is 12.1 Å². The van der Waals surface area contributed by atoms with E-state index in [2.05, 4.69) is 4.99 Å². The van der Waals surface area contributed by atoms with Gasteiger partial charge in [0, 0.05) is 45.5 Å². The number of aromatic nitrogens is 2. The number of hydrogen-bond donors (Lipinski definition) is 1. The number of nitrogens with zero attached hydrogens (tertiary/aromatic N) is 3. The molecule has 0 amide bonds. The van der Waals surface area contributed by atoms with Crippen molar-refractivity contribution in [1.82, 2.24) is 9.13 Å². The molecule has 150 valence electrons. The van der Waals surface area contributed by atoms with Crippen LogP contribution in [0.5, 0.6) is 11.6 Å². The minimum absolute atomic E-state index is 0.00143. The first-order chi connectivity index (χ1) is 13.4. The molecule has 0 radical (unpaired) electrons. The summed E-state index contributed by atoms with van der Waals surface area (Å²) in [5, 5.41) is 10.2. The predicted octanol–water partition coefficient (Wildman–Crippen LogP) is 0.965. The molecule has 0 spiro atoms. The molecule has 1 aromatic carbocycles. The third-order valence-electron chi connectivity index (χ3n) is 5.43. The fourth-order valence-electron chi connectivity index (χ4n) is 3.53. The van der Waals surface area contributed by atoms with Crippen LogP contribution in [0.2, 0.25) is 0 Å². The van der Waals surface area contributed by atoms with Crippen LogP contribution < -0.4 is 16.0 Å². The van der Waals surface area contributed by atoms with Crippen molar-refractivity contribution in [2.75, 3.05) is 26.9 Å².